The number of rotatable bonds is 7. The van der Waals surface area contributed by atoms with Crippen molar-refractivity contribution in [3.8, 4) is 0 Å². The molecular formula is C9H15N3O3. The first-order valence-electron chi connectivity index (χ1n) is 4.80. The van der Waals surface area contributed by atoms with Gasteiger partial charge in [0.1, 0.15) is 0 Å². The van der Waals surface area contributed by atoms with E-state index in [-0.39, 0.29) is 12.5 Å². The highest BCUT2D eigenvalue weighted by Crippen LogP contribution is 1.92. The molecule has 6 nitrogen and oxygen atoms in total. The van der Waals surface area contributed by atoms with Crippen LogP contribution in [-0.4, -0.2) is 47.6 Å². The second-order valence-electron chi connectivity index (χ2n) is 2.93. The molecule has 0 radical (unpaired) electrons. The third-order valence-electron chi connectivity index (χ3n) is 1.75. The van der Waals surface area contributed by atoms with Gasteiger partial charge in [0.05, 0.1) is 25.0 Å². The number of hydrogen-bond acceptors (Lipinski definition) is 4. The van der Waals surface area contributed by atoms with Gasteiger partial charge < -0.3 is 15.2 Å². The molecule has 0 aromatic carbocycles. The van der Waals surface area contributed by atoms with Gasteiger partial charge in [-0.05, 0) is 6.42 Å². The van der Waals surface area contributed by atoms with Crippen LogP contribution in [0.2, 0.25) is 0 Å². The Morgan fingerprint density at radius 3 is 3.13 bits per heavy atom. The summed E-state index contributed by atoms with van der Waals surface area (Å²) in [6, 6.07) is 0. The summed E-state index contributed by atoms with van der Waals surface area (Å²) in [5.41, 5.74) is 0.520. The summed E-state index contributed by atoms with van der Waals surface area (Å²) in [4.78, 5) is 11.3. The standard InChI is InChI=1S/C9H15N3O3/c13-3-5-15-4-1-2-10-9(14)8-6-11-12-7-8/h6-7,13H,1-5H2,(H,10,14)(H,11,12). The monoisotopic (exact) mass is 213 g/mol. The Hall–Kier alpha value is -1.40. The molecule has 0 atom stereocenters. The molecule has 0 aliphatic carbocycles. The Bertz CT molecular complexity index is 274. The van der Waals surface area contributed by atoms with E-state index in [1.165, 1.54) is 12.4 Å². The summed E-state index contributed by atoms with van der Waals surface area (Å²) >= 11 is 0. The predicted molar refractivity (Wildman–Crippen MR) is 53.4 cm³/mol. The van der Waals surface area contributed by atoms with E-state index in [9.17, 15) is 4.79 Å². The maximum absolute atomic E-state index is 11.3. The highest BCUT2D eigenvalue weighted by molar-refractivity contribution is 5.93. The fourth-order valence-electron chi connectivity index (χ4n) is 1.02. The van der Waals surface area contributed by atoms with Crippen LogP contribution in [0.15, 0.2) is 12.4 Å². The minimum absolute atomic E-state index is 0.0291. The van der Waals surface area contributed by atoms with Crippen LogP contribution < -0.4 is 5.32 Å². The summed E-state index contributed by atoms with van der Waals surface area (Å²) in [6.07, 6.45) is 3.73. The zero-order chi connectivity index (χ0) is 10.9. The van der Waals surface area contributed by atoms with Gasteiger partial charge in [0.25, 0.3) is 5.91 Å². The van der Waals surface area contributed by atoms with Gasteiger partial charge in [0, 0.05) is 19.3 Å². The van der Waals surface area contributed by atoms with E-state index in [2.05, 4.69) is 15.5 Å². The van der Waals surface area contributed by atoms with E-state index in [1.807, 2.05) is 0 Å². The predicted octanol–water partition coefficient (Wildman–Crippen LogP) is -0.462. The lowest BCUT2D eigenvalue weighted by Gasteiger charge is -2.03. The van der Waals surface area contributed by atoms with Crippen LogP contribution in [0.25, 0.3) is 0 Å². The number of aliphatic hydroxyl groups is 1. The molecule has 1 aromatic heterocycles. The van der Waals surface area contributed by atoms with Crippen molar-refractivity contribution >= 4 is 5.91 Å². The van der Waals surface area contributed by atoms with Crippen molar-refractivity contribution in [1.82, 2.24) is 15.5 Å². The van der Waals surface area contributed by atoms with Crippen LogP contribution in [0, 0.1) is 0 Å². The molecule has 6 heteroatoms. The van der Waals surface area contributed by atoms with Crippen LogP contribution in [-0.2, 0) is 4.74 Å². The first-order chi connectivity index (χ1) is 7.34. The average Bonchev–Trinajstić information content (AvgIpc) is 2.76. The van der Waals surface area contributed by atoms with Gasteiger partial charge >= 0.3 is 0 Å². The number of hydrogen-bond donors (Lipinski definition) is 3. The maximum Gasteiger partial charge on any atom is 0.254 e. The normalized spacial score (nSPS) is 10.2. The topological polar surface area (TPSA) is 87.2 Å². The molecule has 0 spiro atoms. The van der Waals surface area contributed by atoms with Crippen molar-refractivity contribution in [2.75, 3.05) is 26.4 Å². The molecule has 1 rings (SSSR count). The van der Waals surface area contributed by atoms with E-state index in [1.54, 1.807) is 0 Å². The van der Waals surface area contributed by atoms with Crippen molar-refractivity contribution in [3.63, 3.8) is 0 Å². The number of aromatic amines is 1. The molecule has 0 aliphatic rings. The number of ether oxygens (including phenoxy) is 1. The highest BCUT2D eigenvalue weighted by atomic mass is 16.5. The van der Waals surface area contributed by atoms with Crippen LogP contribution in [0.5, 0.6) is 0 Å². The van der Waals surface area contributed by atoms with Crippen LogP contribution in [0.3, 0.4) is 0 Å². The molecule has 0 fully saturated rings. The van der Waals surface area contributed by atoms with Gasteiger partial charge in [-0.3, -0.25) is 9.89 Å². The zero-order valence-electron chi connectivity index (χ0n) is 8.40. The van der Waals surface area contributed by atoms with Crippen molar-refractivity contribution in [1.29, 1.82) is 0 Å². The van der Waals surface area contributed by atoms with Gasteiger partial charge in [-0.2, -0.15) is 5.10 Å². The molecule has 1 heterocycles. The minimum Gasteiger partial charge on any atom is -0.394 e. The van der Waals surface area contributed by atoms with E-state index < -0.39 is 0 Å². The first-order valence-corrected chi connectivity index (χ1v) is 4.80. The number of carbonyl (C=O) groups excluding carboxylic acids is 1. The Labute approximate surface area is 87.6 Å². The lowest BCUT2D eigenvalue weighted by atomic mass is 10.3. The van der Waals surface area contributed by atoms with Gasteiger partial charge in [-0.25, -0.2) is 0 Å². The smallest absolute Gasteiger partial charge is 0.254 e. The van der Waals surface area contributed by atoms with Crippen molar-refractivity contribution in [3.05, 3.63) is 18.0 Å². The quantitative estimate of drug-likeness (QED) is 0.535. The number of carbonyl (C=O) groups is 1. The molecule has 84 valence electrons. The number of aromatic nitrogens is 2. The molecule has 1 aromatic rings. The highest BCUT2D eigenvalue weighted by Gasteiger charge is 2.04. The molecular weight excluding hydrogens is 198 g/mol. The van der Waals surface area contributed by atoms with Crippen LogP contribution in [0.1, 0.15) is 16.8 Å². The summed E-state index contributed by atoms with van der Waals surface area (Å²) in [5.74, 6) is -0.147. The Balaban J connectivity index is 2.03. The lowest BCUT2D eigenvalue weighted by molar-refractivity contribution is 0.0867. The summed E-state index contributed by atoms with van der Waals surface area (Å²) in [5, 5.41) is 17.4. The van der Waals surface area contributed by atoms with E-state index in [0.29, 0.717) is 25.3 Å². The molecule has 0 unspecified atom stereocenters. The second kappa shape index (κ2) is 6.97. The van der Waals surface area contributed by atoms with Gasteiger partial charge in [-0.1, -0.05) is 0 Å². The molecule has 1 amide bonds. The largest absolute Gasteiger partial charge is 0.394 e. The van der Waals surface area contributed by atoms with Gasteiger partial charge in [0.2, 0.25) is 0 Å². The average molecular weight is 213 g/mol. The molecule has 0 saturated heterocycles. The second-order valence-corrected chi connectivity index (χ2v) is 2.93. The Kier molecular flexibility index (Phi) is 5.42. The van der Waals surface area contributed by atoms with Crippen molar-refractivity contribution in [2.24, 2.45) is 0 Å². The molecule has 15 heavy (non-hydrogen) atoms. The van der Waals surface area contributed by atoms with Crippen molar-refractivity contribution < 1.29 is 14.6 Å². The molecule has 3 N–H and O–H groups in total. The third kappa shape index (κ3) is 4.57. The summed E-state index contributed by atoms with van der Waals surface area (Å²) in [6.45, 7) is 1.46. The van der Waals surface area contributed by atoms with E-state index >= 15 is 0 Å². The Morgan fingerprint density at radius 2 is 2.47 bits per heavy atom. The lowest BCUT2D eigenvalue weighted by Crippen LogP contribution is -2.25. The number of H-pyrrole nitrogens is 1. The third-order valence-corrected chi connectivity index (χ3v) is 1.75. The zero-order valence-corrected chi connectivity index (χ0v) is 8.40. The van der Waals surface area contributed by atoms with Crippen molar-refractivity contribution in [2.45, 2.75) is 6.42 Å². The molecule has 0 bridgehead atoms. The number of nitrogens with zero attached hydrogens (tertiary/aromatic N) is 1. The van der Waals surface area contributed by atoms with Gasteiger partial charge in [0.15, 0.2) is 0 Å². The van der Waals surface area contributed by atoms with E-state index in [4.69, 9.17) is 9.84 Å². The SMILES string of the molecule is O=C(NCCCOCCO)c1cn[nH]c1. The fourth-order valence-corrected chi connectivity index (χ4v) is 1.02. The Morgan fingerprint density at radius 1 is 1.60 bits per heavy atom. The minimum atomic E-state index is -0.147. The number of nitrogens with one attached hydrogen (secondary N) is 2. The summed E-state index contributed by atoms with van der Waals surface area (Å²) in [7, 11) is 0. The molecule has 0 saturated carbocycles. The maximum atomic E-state index is 11.3. The molecule has 0 aliphatic heterocycles. The fraction of sp³-hybridized carbons (Fsp3) is 0.556. The number of amides is 1. The van der Waals surface area contributed by atoms with Gasteiger partial charge in [-0.15, -0.1) is 0 Å². The first kappa shape index (κ1) is 11.7. The van der Waals surface area contributed by atoms with Crippen LogP contribution in [0.4, 0.5) is 0 Å². The van der Waals surface area contributed by atoms with E-state index in [0.717, 1.165) is 6.42 Å². The van der Waals surface area contributed by atoms with Crippen LogP contribution >= 0.6 is 0 Å². The summed E-state index contributed by atoms with van der Waals surface area (Å²) < 4.78 is 5.04. The number of aliphatic hydroxyl groups excluding tert-OH is 1.